The fourth-order valence-electron chi connectivity index (χ4n) is 0.810. The van der Waals surface area contributed by atoms with Crippen molar-refractivity contribution in [2.24, 2.45) is 0 Å². The molecule has 0 nitrogen and oxygen atoms in total. The smallest absolute Gasteiger partial charge is 0.273 e. The van der Waals surface area contributed by atoms with Crippen molar-refractivity contribution in [1.29, 1.82) is 0 Å². The average molecular weight is 204 g/mol. The van der Waals surface area contributed by atoms with E-state index in [9.17, 15) is 0 Å². The third-order valence-electron chi connectivity index (χ3n) is 1.47. The van der Waals surface area contributed by atoms with Crippen molar-refractivity contribution in [3.8, 4) is 0 Å². The summed E-state index contributed by atoms with van der Waals surface area (Å²) in [6, 6.07) is 10.8. The molecule has 1 aliphatic carbocycles. The molecule has 0 aromatic heterocycles. The quantitative estimate of drug-likeness (QED) is 0.450. The Morgan fingerprint density at radius 3 is 2.15 bits per heavy atom. The molecule has 0 bridgehead atoms. The fraction of sp³-hybridized carbons (Fsp3) is 0.167. The molecular formula is C12H12Ti. The Kier molecular flexibility index (Phi) is 7.67. The number of hydrogen-bond acceptors (Lipinski definition) is 0. The van der Waals surface area contributed by atoms with Gasteiger partial charge in [0.2, 0.25) is 0 Å². The van der Waals surface area contributed by atoms with Gasteiger partial charge < -0.3 is 0 Å². The second-order valence-corrected chi connectivity index (χ2v) is 2.58. The Balaban J connectivity index is 0.000000215. The molecule has 0 saturated carbocycles. The van der Waals surface area contributed by atoms with E-state index in [1.54, 1.807) is 0 Å². The van der Waals surface area contributed by atoms with Gasteiger partial charge in [0.15, 0.2) is 0 Å². The molecule has 13 heavy (non-hydrogen) atoms. The van der Waals surface area contributed by atoms with E-state index < -0.39 is 0 Å². The van der Waals surface area contributed by atoms with E-state index in [4.69, 9.17) is 0 Å². The standard InChI is InChI=1S/C7H7.C5H5.Ti/c1-7-5-3-2-4-6-7;1-2-4-5-3-1;/h3-6H,1H3;1-3H,4H2;/q2*-1;+2. The zero-order valence-electron chi connectivity index (χ0n) is 7.75. The summed E-state index contributed by atoms with van der Waals surface area (Å²) < 4.78 is 0. The summed E-state index contributed by atoms with van der Waals surface area (Å²) in [6.07, 6.45) is 10.0. The zero-order valence-corrected chi connectivity index (χ0v) is 9.31. The van der Waals surface area contributed by atoms with Crippen LogP contribution in [0, 0.1) is 19.1 Å². The molecule has 0 fully saturated rings. The van der Waals surface area contributed by atoms with Gasteiger partial charge in [-0.2, -0.15) is 42.0 Å². The van der Waals surface area contributed by atoms with Crippen LogP contribution in [0.15, 0.2) is 42.5 Å². The first-order valence-corrected chi connectivity index (χ1v) is 4.04. The summed E-state index contributed by atoms with van der Waals surface area (Å²) in [4.78, 5) is 0. The topological polar surface area (TPSA) is 0 Å². The van der Waals surface area contributed by atoms with Gasteiger partial charge >= 0.3 is 21.7 Å². The molecular weight excluding hydrogens is 192 g/mol. The third kappa shape index (κ3) is 6.56. The van der Waals surface area contributed by atoms with Crippen LogP contribution in [0.2, 0.25) is 0 Å². The molecule has 1 aromatic rings. The number of benzene rings is 1. The molecule has 0 unspecified atom stereocenters. The van der Waals surface area contributed by atoms with Crippen LogP contribution < -0.4 is 0 Å². The SMILES string of the molecule is Cc1cc[c-]cc1.[C-]1=CC=CC1.[Ti+2]. The molecule has 1 aliphatic rings. The minimum Gasteiger partial charge on any atom is -0.273 e. The maximum atomic E-state index is 2.99. The molecule has 0 atom stereocenters. The molecule has 0 N–H and O–H groups in total. The molecule has 0 heterocycles. The largest absolute Gasteiger partial charge is 2.00 e. The van der Waals surface area contributed by atoms with Crippen molar-refractivity contribution in [3.63, 3.8) is 0 Å². The second-order valence-electron chi connectivity index (χ2n) is 2.58. The Labute approximate surface area is 95.2 Å². The van der Waals surface area contributed by atoms with Gasteiger partial charge in [-0.1, -0.05) is 6.92 Å². The monoisotopic (exact) mass is 204 g/mol. The maximum Gasteiger partial charge on any atom is 2.00 e. The number of hydrogen-bond donors (Lipinski definition) is 0. The molecule has 0 saturated heterocycles. The molecule has 1 heteroatoms. The van der Waals surface area contributed by atoms with Crippen LogP contribution in [0.4, 0.5) is 0 Å². The van der Waals surface area contributed by atoms with Crippen molar-refractivity contribution < 1.29 is 21.7 Å². The molecule has 0 radical (unpaired) electrons. The predicted octanol–water partition coefficient (Wildman–Crippen LogP) is 3.10. The van der Waals surface area contributed by atoms with E-state index in [2.05, 4.69) is 25.1 Å². The van der Waals surface area contributed by atoms with E-state index in [1.165, 1.54) is 5.56 Å². The van der Waals surface area contributed by atoms with E-state index in [0.717, 1.165) is 6.42 Å². The summed E-state index contributed by atoms with van der Waals surface area (Å²) in [5.74, 6) is 0. The van der Waals surface area contributed by atoms with Crippen molar-refractivity contribution >= 4 is 0 Å². The van der Waals surface area contributed by atoms with E-state index in [1.807, 2.05) is 36.4 Å². The predicted molar refractivity (Wildman–Crippen MR) is 51.6 cm³/mol. The van der Waals surface area contributed by atoms with Gasteiger partial charge in [0.05, 0.1) is 0 Å². The minimum atomic E-state index is 0. The summed E-state index contributed by atoms with van der Waals surface area (Å²) >= 11 is 0. The fourth-order valence-corrected chi connectivity index (χ4v) is 0.810. The van der Waals surface area contributed by atoms with Crippen LogP contribution in [-0.2, 0) is 21.7 Å². The van der Waals surface area contributed by atoms with Crippen molar-refractivity contribution in [1.82, 2.24) is 0 Å². The first-order valence-electron chi connectivity index (χ1n) is 4.04. The molecule has 1 aromatic carbocycles. The van der Waals surface area contributed by atoms with Gasteiger partial charge in [-0.05, 0) is 0 Å². The number of allylic oxidation sites excluding steroid dienone is 4. The van der Waals surface area contributed by atoms with Crippen molar-refractivity contribution in [3.05, 3.63) is 60.2 Å². The Bertz CT molecular complexity index is 250. The maximum absolute atomic E-state index is 2.99. The summed E-state index contributed by atoms with van der Waals surface area (Å²) in [6.45, 7) is 2.06. The Morgan fingerprint density at radius 2 is 1.92 bits per heavy atom. The zero-order chi connectivity index (χ0) is 8.65. The second kappa shape index (κ2) is 8.03. The van der Waals surface area contributed by atoms with Gasteiger partial charge in [-0.15, -0.1) is 6.42 Å². The summed E-state index contributed by atoms with van der Waals surface area (Å²) in [5.41, 5.74) is 1.29. The summed E-state index contributed by atoms with van der Waals surface area (Å²) in [7, 11) is 0. The van der Waals surface area contributed by atoms with Gasteiger partial charge in [-0.25, -0.2) is 12.2 Å². The molecule has 2 rings (SSSR count). The normalized spacial score (nSPS) is 11.5. The molecule has 0 aliphatic heterocycles. The van der Waals surface area contributed by atoms with Crippen LogP contribution in [0.5, 0.6) is 0 Å². The van der Waals surface area contributed by atoms with Crippen LogP contribution >= 0.6 is 0 Å². The Morgan fingerprint density at radius 1 is 1.23 bits per heavy atom. The third-order valence-corrected chi connectivity index (χ3v) is 1.47. The summed E-state index contributed by atoms with van der Waals surface area (Å²) in [5, 5.41) is 0. The number of rotatable bonds is 0. The average Bonchev–Trinajstić information content (AvgIpc) is 2.62. The van der Waals surface area contributed by atoms with Gasteiger partial charge in [0, 0.05) is 0 Å². The number of aryl methyl sites for hydroxylation is 1. The van der Waals surface area contributed by atoms with E-state index >= 15 is 0 Å². The van der Waals surface area contributed by atoms with Crippen LogP contribution in [-0.4, -0.2) is 0 Å². The Hall–Kier alpha value is -0.586. The van der Waals surface area contributed by atoms with Gasteiger partial charge in [-0.3, -0.25) is 6.08 Å². The van der Waals surface area contributed by atoms with Crippen LogP contribution in [0.25, 0.3) is 0 Å². The van der Waals surface area contributed by atoms with Crippen LogP contribution in [0.1, 0.15) is 12.0 Å². The van der Waals surface area contributed by atoms with E-state index in [0.29, 0.717) is 0 Å². The first kappa shape index (κ1) is 12.4. The molecule has 0 spiro atoms. The van der Waals surface area contributed by atoms with E-state index in [-0.39, 0.29) is 21.7 Å². The van der Waals surface area contributed by atoms with Crippen molar-refractivity contribution in [2.45, 2.75) is 13.3 Å². The molecule has 0 amide bonds. The first-order chi connectivity index (χ1) is 5.89. The van der Waals surface area contributed by atoms with Crippen molar-refractivity contribution in [2.75, 3.05) is 0 Å². The molecule has 64 valence electrons. The minimum absolute atomic E-state index is 0. The van der Waals surface area contributed by atoms with Gasteiger partial charge in [0.25, 0.3) is 0 Å². The van der Waals surface area contributed by atoms with Crippen LogP contribution in [0.3, 0.4) is 0 Å². The van der Waals surface area contributed by atoms with Gasteiger partial charge in [0.1, 0.15) is 0 Å².